The second kappa shape index (κ2) is 13.1. The lowest BCUT2D eigenvalue weighted by Crippen LogP contribution is -2.35. The fraction of sp³-hybridized carbons (Fsp3) is 0.405. The highest BCUT2D eigenvalue weighted by molar-refractivity contribution is 5.91. The lowest BCUT2D eigenvalue weighted by Gasteiger charge is -2.36. The Balaban J connectivity index is 1.54. The first-order valence-corrected chi connectivity index (χ1v) is 15.7. The molecule has 1 amide bonds. The van der Waals surface area contributed by atoms with E-state index in [1.807, 2.05) is 31.2 Å². The molecule has 262 valence electrons. The first-order chi connectivity index (χ1) is 22.8. The number of aryl methyl sites for hydroxylation is 1. The van der Waals surface area contributed by atoms with Crippen molar-refractivity contribution in [3.63, 3.8) is 0 Å². The van der Waals surface area contributed by atoms with Gasteiger partial charge in [-0.1, -0.05) is 26.0 Å². The molecule has 1 saturated heterocycles. The molecule has 12 heteroatoms. The van der Waals surface area contributed by atoms with Crippen LogP contribution in [-0.2, 0) is 21.8 Å². The number of methoxy groups -OCH3 is 2. The molecule has 3 aromatic rings. The Hall–Kier alpha value is -4.48. The topological polar surface area (TPSA) is 65.1 Å². The highest BCUT2D eigenvalue weighted by atomic mass is 19.4. The molecule has 2 atom stereocenters. The Bertz CT molecular complexity index is 1780. The minimum absolute atomic E-state index is 0.0560. The van der Waals surface area contributed by atoms with Crippen molar-refractivity contribution in [2.24, 2.45) is 5.41 Å². The zero-order valence-electron chi connectivity index (χ0n) is 27.9. The number of allylic oxidation sites excluding steroid dienone is 1. The number of esters is 1. The third-order valence-electron chi connectivity index (χ3n) is 9.35. The van der Waals surface area contributed by atoms with Gasteiger partial charge in [0.1, 0.15) is 11.9 Å². The van der Waals surface area contributed by atoms with Crippen LogP contribution in [0.5, 0.6) is 5.75 Å². The minimum Gasteiger partial charge on any atom is -0.496 e. The summed E-state index contributed by atoms with van der Waals surface area (Å²) in [6, 6.07) is 11.4. The van der Waals surface area contributed by atoms with E-state index in [-0.39, 0.29) is 23.6 Å². The van der Waals surface area contributed by atoms with E-state index < -0.39 is 47.7 Å². The number of benzene rings is 3. The molecule has 0 aromatic heterocycles. The normalized spacial score (nSPS) is 19.6. The fourth-order valence-corrected chi connectivity index (χ4v) is 6.74. The summed E-state index contributed by atoms with van der Waals surface area (Å²) in [7, 11) is 2.87. The smallest absolute Gasteiger partial charge is 0.416 e. The van der Waals surface area contributed by atoms with Gasteiger partial charge in [0, 0.05) is 12.1 Å². The van der Waals surface area contributed by atoms with Crippen molar-refractivity contribution in [2.45, 2.75) is 71.5 Å². The van der Waals surface area contributed by atoms with Crippen LogP contribution in [0, 0.1) is 12.3 Å². The van der Waals surface area contributed by atoms with Gasteiger partial charge in [0.05, 0.1) is 37.0 Å². The number of carbonyl (C=O) groups is 2. The van der Waals surface area contributed by atoms with Crippen molar-refractivity contribution >= 4 is 17.6 Å². The second-order valence-electron chi connectivity index (χ2n) is 13.4. The molecule has 49 heavy (non-hydrogen) atoms. The van der Waals surface area contributed by atoms with E-state index in [1.165, 1.54) is 12.0 Å². The van der Waals surface area contributed by atoms with Gasteiger partial charge in [0.25, 0.3) is 0 Å². The molecular formula is C37H37F6NO5. The standard InChI is InChI=1S/C37H37F6NO5/c1-20-13-23(33(45)48-6)7-9-28(20)22-8-10-31(47-5)30(16-22)29-11-12-35(3,4)18-25(29)19-44-21(2)32(49-34(44)46)24-14-26(36(38,39)40)17-27(15-24)37(41,42)43/h7-10,13-17,21,32H,11-12,18-19H2,1-6H3/t21-,32?/m1/s1. The minimum atomic E-state index is -5.04. The lowest BCUT2D eigenvalue weighted by molar-refractivity contribution is -0.143. The highest BCUT2D eigenvalue weighted by Gasteiger charge is 2.44. The van der Waals surface area contributed by atoms with Gasteiger partial charge < -0.3 is 14.2 Å². The van der Waals surface area contributed by atoms with E-state index in [9.17, 15) is 35.9 Å². The summed E-state index contributed by atoms with van der Waals surface area (Å²) in [6.07, 6.45) is -10.2. The number of ether oxygens (including phenoxy) is 3. The molecule has 0 spiro atoms. The zero-order valence-corrected chi connectivity index (χ0v) is 27.9. The van der Waals surface area contributed by atoms with E-state index in [2.05, 4.69) is 13.8 Å². The maximum Gasteiger partial charge on any atom is 0.416 e. The van der Waals surface area contributed by atoms with Crippen molar-refractivity contribution < 1.29 is 50.1 Å². The van der Waals surface area contributed by atoms with Gasteiger partial charge in [0.15, 0.2) is 0 Å². The molecule has 2 aliphatic rings. The van der Waals surface area contributed by atoms with Crippen LogP contribution in [0.15, 0.2) is 60.2 Å². The number of rotatable bonds is 7. The summed E-state index contributed by atoms with van der Waals surface area (Å²) in [6.45, 7) is 7.69. The molecule has 5 rings (SSSR count). The first-order valence-electron chi connectivity index (χ1n) is 15.7. The Kier molecular flexibility index (Phi) is 9.57. The number of carbonyl (C=O) groups excluding carboxylic acids is 2. The van der Waals surface area contributed by atoms with Crippen LogP contribution in [0.1, 0.15) is 84.3 Å². The summed E-state index contributed by atoms with van der Waals surface area (Å²) in [5, 5.41) is 0. The fourth-order valence-electron chi connectivity index (χ4n) is 6.74. The van der Waals surface area contributed by atoms with Gasteiger partial charge in [-0.25, -0.2) is 9.59 Å². The molecule has 0 bridgehead atoms. The molecule has 1 heterocycles. The molecule has 1 aliphatic carbocycles. The number of alkyl halides is 6. The maximum absolute atomic E-state index is 13.6. The van der Waals surface area contributed by atoms with E-state index in [0.29, 0.717) is 36.3 Å². The lowest BCUT2D eigenvalue weighted by atomic mass is 9.72. The van der Waals surface area contributed by atoms with Gasteiger partial charge >= 0.3 is 24.4 Å². The van der Waals surface area contributed by atoms with Crippen molar-refractivity contribution in [3.05, 3.63) is 93.6 Å². The Morgan fingerprint density at radius 3 is 2.16 bits per heavy atom. The van der Waals surface area contributed by atoms with Crippen LogP contribution < -0.4 is 4.74 Å². The third-order valence-corrected chi connectivity index (χ3v) is 9.35. The van der Waals surface area contributed by atoms with Crippen LogP contribution in [0.3, 0.4) is 0 Å². The van der Waals surface area contributed by atoms with Gasteiger partial charge in [-0.15, -0.1) is 0 Å². The van der Waals surface area contributed by atoms with Gasteiger partial charge in [-0.3, -0.25) is 4.90 Å². The van der Waals surface area contributed by atoms with Crippen LogP contribution in [0.4, 0.5) is 31.1 Å². The van der Waals surface area contributed by atoms with Crippen LogP contribution in [0.2, 0.25) is 0 Å². The summed E-state index contributed by atoms with van der Waals surface area (Å²) in [4.78, 5) is 26.7. The Morgan fingerprint density at radius 2 is 1.59 bits per heavy atom. The van der Waals surface area contributed by atoms with Crippen LogP contribution >= 0.6 is 0 Å². The van der Waals surface area contributed by atoms with Crippen molar-refractivity contribution in [1.29, 1.82) is 0 Å². The number of halogens is 6. The molecule has 1 unspecified atom stereocenters. The number of cyclic esters (lactones) is 1. The molecule has 0 saturated carbocycles. The number of amides is 1. The number of nitrogens with zero attached hydrogens (tertiary/aromatic N) is 1. The predicted octanol–water partition coefficient (Wildman–Crippen LogP) is 10.0. The van der Waals surface area contributed by atoms with Crippen molar-refractivity contribution in [3.8, 4) is 16.9 Å². The summed E-state index contributed by atoms with van der Waals surface area (Å²) in [5.41, 5.74) is 2.15. The van der Waals surface area contributed by atoms with Gasteiger partial charge in [0.2, 0.25) is 0 Å². The Labute approximate surface area is 280 Å². The van der Waals surface area contributed by atoms with E-state index in [1.54, 1.807) is 26.2 Å². The Morgan fingerprint density at radius 1 is 0.939 bits per heavy atom. The van der Waals surface area contributed by atoms with Gasteiger partial charge in [-0.2, -0.15) is 26.3 Å². The molecule has 0 radical (unpaired) electrons. The maximum atomic E-state index is 13.6. The summed E-state index contributed by atoms with van der Waals surface area (Å²) >= 11 is 0. The average Bonchev–Trinajstić information content (AvgIpc) is 3.31. The summed E-state index contributed by atoms with van der Waals surface area (Å²) < 4.78 is 97.8. The van der Waals surface area contributed by atoms with Crippen molar-refractivity contribution in [2.75, 3.05) is 20.8 Å². The molecule has 1 fully saturated rings. The molecule has 6 nitrogen and oxygen atoms in total. The predicted molar refractivity (Wildman–Crippen MR) is 171 cm³/mol. The quantitative estimate of drug-likeness (QED) is 0.183. The molecule has 0 N–H and O–H groups in total. The average molecular weight is 690 g/mol. The molecular weight excluding hydrogens is 652 g/mol. The number of hydrogen-bond acceptors (Lipinski definition) is 5. The van der Waals surface area contributed by atoms with E-state index in [0.717, 1.165) is 39.8 Å². The zero-order chi connectivity index (χ0) is 36.1. The molecule has 1 aliphatic heterocycles. The second-order valence-corrected chi connectivity index (χ2v) is 13.4. The third kappa shape index (κ3) is 7.43. The molecule has 3 aromatic carbocycles. The first kappa shape index (κ1) is 35.8. The van der Waals surface area contributed by atoms with Crippen LogP contribution in [-0.4, -0.2) is 43.8 Å². The van der Waals surface area contributed by atoms with E-state index >= 15 is 0 Å². The van der Waals surface area contributed by atoms with E-state index in [4.69, 9.17) is 14.2 Å². The largest absolute Gasteiger partial charge is 0.496 e. The van der Waals surface area contributed by atoms with Gasteiger partial charge in [-0.05, 0) is 114 Å². The number of hydrogen-bond donors (Lipinski definition) is 0. The van der Waals surface area contributed by atoms with Crippen molar-refractivity contribution in [1.82, 2.24) is 4.90 Å². The SMILES string of the molecule is COC(=O)c1ccc(-c2ccc(OC)c(C3=C(CN4C(=O)OC(c5cc(C(F)(F)F)cc(C(F)(F)F)c5)[C@H]4C)CC(C)(C)CC3)c2)c(C)c1. The monoisotopic (exact) mass is 689 g/mol. The van der Waals surface area contributed by atoms with Crippen LogP contribution in [0.25, 0.3) is 16.7 Å². The highest BCUT2D eigenvalue weighted by Crippen LogP contribution is 2.47. The summed E-state index contributed by atoms with van der Waals surface area (Å²) in [5.74, 6) is 0.147.